The molecule has 1 aromatic heterocycles. The molecule has 0 aliphatic rings. The second kappa shape index (κ2) is 10.5. The summed E-state index contributed by atoms with van der Waals surface area (Å²) in [5.41, 5.74) is -0.360. The molecule has 0 spiro atoms. The number of carbonyl (C=O) groups excluding carboxylic acids is 2. The SMILES string of the molecule is CC.CSc1nc(/N=C/N(C)C)c(C(=O)CC(=O)NC(C)(C)C)s1. The highest BCUT2D eigenvalue weighted by Gasteiger charge is 2.22. The average molecular weight is 373 g/mol. The summed E-state index contributed by atoms with van der Waals surface area (Å²) in [5, 5.41) is 2.78. The summed E-state index contributed by atoms with van der Waals surface area (Å²) in [4.78, 5) is 34.9. The Morgan fingerprint density at radius 3 is 2.38 bits per heavy atom. The molecule has 0 unspecified atom stereocenters. The maximum atomic E-state index is 12.3. The zero-order valence-corrected chi connectivity index (χ0v) is 17.4. The monoisotopic (exact) mass is 372 g/mol. The topological polar surface area (TPSA) is 74.7 Å². The largest absolute Gasteiger partial charge is 0.369 e. The number of Topliss-reactive ketones (excluding diaryl/α,β-unsaturated/α-hetero) is 1. The number of hydrogen-bond acceptors (Lipinski definition) is 6. The number of nitrogens with zero attached hydrogens (tertiary/aromatic N) is 3. The lowest BCUT2D eigenvalue weighted by atomic mass is 10.1. The van der Waals surface area contributed by atoms with Gasteiger partial charge in [-0.1, -0.05) is 25.6 Å². The average Bonchev–Trinajstić information content (AvgIpc) is 2.88. The summed E-state index contributed by atoms with van der Waals surface area (Å²) in [7, 11) is 3.67. The van der Waals surface area contributed by atoms with Gasteiger partial charge in [-0.05, 0) is 27.0 Å². The van der Waals surface area contributed by atoms with E-state index in [9.17, 15) is 9.59 Å². The molecule has 0 fully saturated rings. The number of carbonyl (C=O) groups is 2. The van der Waals surface area contributed by atoms with Crippen LogP contribution in [-0.2, 0) is 4.79 Å². The van der Waals surface area contributed by atoms with Crippen molar-refractivity contribution in [3.63, 3.8) is 0 Å². The highest BCUT2D eigenvalue weighted by Crippen LogP contribution is 2.31. The van der Waals surface area contributed by atoms with Crippen molar-refractivity contribution < 1.29 is 9.59 Å². The molecule has 24 heavy (non-hydrogen) atoms. The lowest BCUT2D eigenvalue weighted by molar-refractivity contribution is -0.121. The fraction of sp³-hybridized carbons (Fsp3) is 0.625. The van der Waals surface area contributed by atoms with Gasteiger partial charge in [-0.2, -0.15) is 0 Å². The van der Waals surface area contributed by atoms with Crippen LogP contribution in [0.1, 0.15) is 50.7 Å². The zero-order chi connectivity index (χ0) is 18.9. The van der Waals surface area contributed by atoms with Gasteiger partial charge in [-0.25, -0.2) is 9.98 Å². The van der Waals surface area contributed by atoms with Crippen LogP contribution in [0.2, 0.25) is 0 Å². The van der Waals surface area contributed by atoms with Gasteiger partial charge in [0.25, 0.3) is 0 Å². The first-order valence-corrected chi connectivity index (χ1v) is 9.76. The summed E-state index contributed by atoms with van der Waals surface area (Å²) in [6, 6.07) is 0. The van der Waals surface area contributed by atoms with Gasteiger partial charge in [0, 0.05) is 19.6 Å². The molecule has 0 saturated heterocycles. The molecule has 136 valence electrons. The zero-order valence-electron chi connectivity index (χ0n) is 15.8. The Morgan fingerprint density at radius 2 is 1.92 bits per heavy atom. The molecule has 1 N–H and O–H groups in total. The number of rotatable bonds is 6. The van der Waals surface area contributed by atoms with Gasteiger partial charge in [0.1, 0.15) is 4.88 Å². The minimum atomic E-state index is -0.360. The third kappa shape index (κ3) is 8.44. The van der Waals surface area contributed by atoms with Crippen molar-refractivity contribution in [3.05, 3.63) is 4.88 Å². The van der Waals surface area contributed by atoms with E-state index in [0.717, 1.165) is 4.34 Å². The van der Waals surface area contributed by atoms with Gasteiger partial charge in [-0.3, -0.25) is 9.59 Å². The third-order valence-electron chi connectivity index (χ3n) is 2.26. The van der Waals surface area contributed by atoms with E-state index in [1.807, 2.05) is 55.0 Å². The van der Waals surface area contributed by atoms with E-state index in [1.165, 1.54) is 23.1 Å². The third-order valence-corrected chi connectivity index (χ3v) is 4.33. The van der Waals surface area contributed by atoms with Crippen molar-refractivity contribution in [3.8, 4) is 0 Å². The molecule has 0 aliphatic heterocycles. The number of hydrogen-bond donors (Lipinski definition) is 1. The number of ketones is 1. The molecule has 0 aliphatic carbocycles. The van der Waals surface area contributed by atoms with Gasteiger partial charge in [0.2, 0.25) is 5.91 Å². The van der Waals surface area contributed by atoms with Gasteiger partial charge in [0.15, 0.2) is 15.9 Å². The Balaban J connectivity index is 0.00000254. The molecule has 1 rings (SSSR count). The molecule has 6 nitrogen and oxygen atoms in total. The van der Waals surface area contributed by atoms with Crippen LogP contribution in [0.4, 0.5) is 5.82 Å². The Bertz CT molecular complexity index is 575. The molecule has 0 saturated carbocycles. The predicted molar refractivity (Wildman–Crippen MR) is 104 cm³/mol. The summed E-state index contributed by atoms with van der Waals surface area (Å²) < 4.78 is 0.755. The van der Waals surface area contributed by atoms with Gasteiger partial charge in [-0.15, -0.1) is 11.3 Å². The molecule has 0 atom stereocenters. The van der Waals surface area contributed by atoms with Crippen molar-refractivity contribution in [2.75, 3.05) is 20.4 Å². The Hall–Kier alpha value is -1.41. The minimum absolute atomic E-state index is 0.197. The molecule has 0 aromatic carbocycles. The molecular weight excluding hydrogens is 344 g/mol. The van der Waals surface area contributed by atoms with E-state index in [-0.39, 0.29) is 23.7 Å². The van der Waals surface area contributed by atoms with E-state index in [0.29, 0.717) is 10.7 Å². The van der Waals surface area contributed by atoms with Gasteiger partial charge in [0.05, 0.1) is 12.8 Å². The maximum Gasteiger partial charge on any atom is 0.228 e. The first-order chi connectivity index (χ1) is 11.1. The Labute approximate surface area is 153 Å². The number of aromatic nitrogens is 1. The van der Waals surface area contributed by atoms with Crippen molar-refractivity contribution >= 4 is 46.9 Å². The minimum Gasteiger partial charge on any atom is -0.369 e. The second-order valence-electron chi connectivity index (χ2n) is 5.94. The van der Waals surface area contributed by atoms with Crippen LogP contribution in [0.25, 0.3) is 0 Å². The number of nitrogens with one attached hydrogen (secondary N) is 1. The Kier molecular flexibility index (Phi) is 9.84. The van der Waals surface area contributed by atoms with Crippen LogP contribution < -0.4 is 5.32 Å². The van der Waals surface area contributed by atoms with Gasteiger partial charge >= 0.3 is 0 Å². The fourth-order valence-electron chi connectivity index (χ4n) is 1.51. The summed E-state index contributed by atoms with van der Waals surface area (Å²) in [6.07, 6.45) is 3.28. The van der Waals surface area contributed by atoms with Crippen LogP contribution in [0.3, 0.4) is 0 Å². The number of aliphatic imine (C=N–C) groups is 1. The van der Waals surface area contributed by atoms with Crippen LogP contribution in [0, 0.1) is 0 Å². The van der Waals surface area contributed by atoms with Crippen LogP contribution in [0.5, 0.6) is 0 Å². The number of thiazole rings is 1. The molecule has 1 heterocycles. The molecule has 1 amide bonds. The van der Waals surface area contributed by atoms with E-state index in [1.54, 1.807) is 11.2 Å². The van der Waals surface area contributed by atoms with Crippen LogP contribution in [-0.4, -0.2) is 53.8 Å². The number of thioether (sulfide) groups is 1. The van der Waals surface area contributed by atoms with Gasteiger partial charge < -0.3 is 10.2 Å². The standard InChI is InChI=1S/C14H22N4O2S2.C2H6/c1-14(2,3)17-10(20)7-9(19)11-12(15-8-18(4)5)16-13(21-6)22-11;1-2/h8H,7H2,1-6H3,(H,17,20);1-2H3/b15-8+;. The Morgan fingerprint density at radius 1 is 1.33 bits per heavy atom. The quantitative estimate of drug-likeness (QED) is 0.271. The molecule has 0 radical (unpaired) electrons. The molecule has 0 bridgehead atoms. The van der Waals surface area contributed by atoms with Crippen molar-refractivity contribution in [2.45, 2.75) is 50.9 Å². The molecule has 8 heteroatoms. The molecular formula is C16H28N4O2S2. The summed E-state index contributed by atoms with van der Waals surface area (Å²) in [5.74, 6) is -0.179. The second-order valence-corrected chi connectivity index (χ2v) is 8.00. The highest BCUT2D eigenvalue weighted by atomic mass is 32.2. The molecule has 1 aromatic rings. The predicted octanol–water partition coefficient (Wildman–Crippen LogP) is 3.60. The van der Waals surface area contributed by atoms with Crippen molar-refractivity contribution in [1.29, 1.82) is 0 Å². The van der Waals surface area contributed by atoms with E-state index < -0.39 is 0 Å². The van der Waals surface area contributed by atoms with E-state index >= 15 is 0 Å². The lowest BCUT2D eigenvalue weighted by Gasteiger charge is -2.20. The maximum absolute atomic E-state index is 12.3. The first-order valence-electron chi connectivity index (χ1n) is 7.72. The van der Waals surface area contributed by atoms with Crippen LogP contribution in [0.15, 0.2) is 9.33 Å². The summed E-state index contributed by atoms with van der Waals surface area (Å²) >= 11 is 2.72. The van der Waals surface area contributed by atoms with E-state index in [2.05, 4.69) is 15.3 Å². The normalized spacial score (nSPS) is 11.0. The highest BCUT2D eigenvalue weighted by molar-refractivity contribution is 8.00. The van der Waals surface area contributed by atoms with Crippen molar-refractivity contribution in [2.24, 2.45) is 4.99 Å². The van der Waals surface area contributed by atoms with Crippen molar-refractivity contribution in [1.82, 2.24) is 15.2 Å². The lowest BCUT2D eigenvalue weighted by Crippen LogP contribution is -2.41. The summed E-state index contributed by atoms with van der Waals surface area (Å²) in [6.45, 7) is 9.63. The first kappa shape index (κ1) is 22.6. The van der Waals surface area contributed by atoms with E-state index in [4.69, 9.17) is 0 Å². The smallest absolute Gasteiger partial charge is 0.228 e. The number of amides is 1. The van der Waals surface area contributed by atoms with Crippen LogP contribution >= 0.6 is 23.1 Å². The fourth-order valence-corrected chi connectivity index (χ4v) is 2.95.